The van der Waals surface area contributed by atoms with E-state index in [9.17, 15) is 4.79 Å². The molecule has 1 heterocycles. The highest BCUT2D eigenvalue weighted by Crippen LogP contribution is 2.19. The summed E-state index contributed by atoms with van der Waals surface area (Å²) < 4.78 is 0.807. The molecule has 0 saturated carbocycles. The monoisotopic (exact) mass is 259 g/mol. The average Bonchev–Trinajstić information content (AvgIpc) is 2.51. The molecular formula is C7H6BrN3OS. The van der Waals surface area contributed by atoms with E-state index in [0.717, 1.165) is 3.79 Å². The Morgan fingerprint density at radius 3 is 3.08 bits per heavy atom. The predicted molar refractivity (Wildman–Crippen MR) is 52.4 cm³/mol. The van der Waals surface area contributed by atoms with Crippen LogP contribution in [-0.2, 0) is 0 Å². The molecule has 0 bridgehead atoms. The molecule has 13 heavy (non-hydrogen) atoms. The summed E-state index contributed by atoms with van der Waals surface area (Å²) in [5.74, 6) is -0.225. The molecule has 6 heteroatoms. The Kier molecular flexibility index (Phi) is 3.39. The summed E-state index contributed by atoms with van der Waals surface area (Å²) in [6, 6.07) is 1.90. The fourth-order valence-electron chi connectivity index (χ4n) is 0.694. The van der Waals surface area contributed by atoms with Crippen molar-refractivity contribution >= 4 is 33.2 Å². The van der Waals surface area contributed by atoms with E-state index in [1.807, 2.05) is 6.07 Å². The van der Waals surface area contributed by atoms with Crippen LogP contribution in [0.1, 0.15) is 9.80 Å². The molecule has 0 fully saturated rings. The first-order chi connectivity index (χ1) is 6.15. The first-order valence-corrected chi connectivity index (χ1v) is 5.00. The van der Waals surface area contributed by atoms with Gasteiger partial charge >= 0.3 is 0 Å². The van der Waals surface area contributed by atoms with Crippen LogP contribution in [0.2, 0.25) is 0 Å². The molecule has 0 atom stereocenters. The molecule has 4 nitrogen and oxygen atoms in total. The number of halogens is 1. The van der Waals surface area contributed by atoms with Crippen LogP contribution in [-0.4, -0.2) is 29.4 Å². The number of nitriles is 1. The summed E-state index contributed by atoms with van der Waals surface area (Å²) in [5, 5.41) is 8.76. The lowest BCUT2D eigenvalue weighted by Gasteiger charge is -2.09. The van der Waals surface area contributed by atoms with Crippen molar-refractivity contribution in [1.82, 2.24) is 9.88 Å². The molecule has 0 aliphatic heterocycles. The Morgan fingerprint density at radius 2 is 2.62 bits per heavy atom. The van der Waals surface area contributed by atoms with Gasteiger partial charge in [-0.05, 0) is 15.9 Å². The molecule has 0 aromatic carbocycles. The van der Waals surface area contributed by atoms with Crippen molar-refractivity contribution in [3.8, 4) is 6.07 Å². The van der Waals surface area contributed by atoms with Crippen LogP contribution < -0.4 is 0 Å². The average molecular weight is 260 g/mol. The van der Waals surface area contributed by atoms with Crippen molar-refractivity contribution in [3.05, 3.63) is 15.0 Å². The summed E-state index contributed by atoms with van der Waals surface area (Å²) in [4.78, 5) is 16.7. The van der Waals surface area contributed by atoms with E-state index in [2.05, 4.69) is 20.9 Å². The molecule has 0 saturated heterocycles. The van der Waals surface area contributed by atoms with Gasteiger partial charge in [0.1, 0.15) is 6.54 Å². The Labute approximate surface area is 87.9 Å². The van der Waals surface area contributed by atoms with Gasteiger partial charge in [-0.2, -0.15) is 5.26 Å². The van der Waals surface area contributed by atoms with Gasteiger partial charge < -0.3 is 4.90 Å². The summed E-state index contributed by atoms with van der Waals surface area (Å²) in [6.07, 6.45) is 1.57. The normalized spacial score (nSPS) is 9.31. The molecule has 0 unspecified atom stereocenters. The summed E-state index contributed by atoms with van der Waals surface area (Å²) >= 11 is 4.46. The van der Waals surface area contributed by atoms with Crippen LogP contribution in [0.3, 0.4) is 0 Å². The fourth-order valence-corrected chi connectivity index (χ4v) is 1.90. The highest BCUT2D eigenvalue weighted by atomic mass is 79.9. The Morgan fingerprint density at radius 1 is 1.92 bits per heavy atom. The Hall–Kier alpha value is -0.930. The number of amides is 1. The second-order valence-electron chi connectivity index (χ2n) is 2.29. The van der Waals surface area contributed by atoms with E-state index in [4.69, 9.17) is 5.26 Å². The van der Waals surface area contributed by atoms with Crippen LogP contribution in [0.5, 0.6) is 0 Å². The van der Waals surface area contributed by atoms with Gasteiger partial charge in [0.2, 0.25) is 0 Å². The lowest BCUT2D eigenvalue weighted by molar-refractivity contribution is 0.0811. The van der Waals surface area contributed by atoms with Gasteiger partial charge in [-0.3, -0.25) is 4.79 Å². The van der Waals surface area contributed by atoms with Gasteiger partial charge in [-0.15, -0.1) is 11.3 Å². The minimum Gasteiger partial charge on any atom is -0.326 e. The largest absolute Gasteiger partial charge is 0.326 e. The van der Waals surface area contributed by atoms with E-state index in [0.29, 0.717) is 5.01 Å². The Balaban J connectivity index is 2.74. The molecule has 1 amide bonds. The highest BCUT2D eigenvalue weighted by molar-refractivity contribution is 9.11. The molecule has 68 valence electrons. The number of rotatable bonds is 2. The molecule has 1 rings (SSSR count). The van der Waals surface area contributed by atoms with Crippen molar-refractivity contribution in [2.45, 2.75) is 0 Å². The third kappa shape index (κ3) is 2.50. The summed E-state index contributed by atoms with van der Waals surface area (Å²) in [7, 11) is 1.57. The van der Waals surface area contributed by atoms with Gasteiger partial charge in [-0.1, -0.05) is 0 Å². The molecule has 0 aliphatic carbocycles. The summed E-state index contributed by atoms with van der Waals surface area (Å²) in [6.45, 7) is 0.0794. The molecule has 0 radical (unpaired) electrons. The van der Waals surface area contributed by atoms with E-state index in [-0.39, 0.29) is 12.5 Å². The number of hydrogen-bond acceptors (Lipinski definition) is 4. The second kappa shape index (κ2) is 4.35. The van der Waals surface area contributed by atoms with Crippen LogP contribution in [0, 0.1) is 11.3 Å². The Bertz CT molecular complexity index is 357. The van der Waals surface area contributed by atoms with Gasteiger partial charge in [0.15, 0.2) is 5.01 Å². The van der Waals surface area contributed by atoms with Gasteiger partial charge in [0.05, 0.1) is 16.1 Å². The van der Waals surface area contributed by atoms with Gasteiger partial charge in [0.25, 0.3) is 5.91 Å². The number of carbonyl (C=O) groups is 1. The van der Waals surface area contributed by atoms with Crippen molar-refractivity contribution in [3.63, 3.8) is 0 Å². The molecule has 0 spiro atoms. The standard InChI is InChI=1S/C7H6BrN3OS/c1-11(3-2-9)7(12)6-10-4-5(8)13-6/h4H,3H2,1H3. The second-order valence-corrected chi connectivity index (χ2v) is 4.70. The van der Waals surface area contributed by atoms with Crippen molar-refractivity contribution < 1.29 is 4.79 Å². The van der Waals surface area contributed by atoms with Crippen molar-refractivity contribution in [2.24, 2.45) is 0 Å². The minimum absolute atomic E-state index is 0.0794. The third-order valence-electron chi connectivity index (χ3n) is 1.32. The molecule has 0 N–H and O–H groups in total. The van der Waals surface area contributed by atoms with Crippen LogP contribution >= 0.6 is 27.3 Å². The maximum atomic E-state index is 11.4. The van der Waals surface area contributed by atoms with E-state index < -0.39 is 0 Å². The number of hydrogen-bond donors (Lipinski definition) is 0. The zero-order valence-electron chi connectivity index (χ0n) is 6.82. The number of nitrogens with zero attached hydrogens (tertiary/aromatic N) is 3. The number of aromatic nitrogens is 1. The highest BCUT2D eigenvalue weighted by Gasteiger charge is 2.14. The van der Waals surface area contributed by atoms with Crippen LogP contribution in [0.25, 0.3) is 0 Å². The third-order valence-corrected chi connectivity index (χ3v) is 2.78. The fraction of sp³-hybridized carbons (Fsp3) is 0.286. The number of carbonyl (C=O) groups excluding carboxylic acids is 1. The lowest BCUT2D eigenvalue weighted by Crippen LogP contribution is -2.26. The first kappa shape index (κ1) is 10.2. The predicted octanol–water partition coefficient (Wildman–Crippen LogP) is 1.50. The van der Waals surface area contributed by atoms with Crippen molar-refractivity contribution in [2.75, 3.05) is 13.6 Å². The van der Waals surface area contributed by atoms with E-state index >= 15 is 0 Å². The topological polar surface area (TPSA) is 57.0 Å². The van der Waals surface area contributed by atoms with Crippen LogP contribution in [0.15, 0.2) is 9.98 Å². The maximum absolute atomic E-state index is 11.4. The minimum atomic E-state index is -0.225. The van der Waals surface area contributed by atoms with Crippen molar-refractivity contribution in [1.29, 1.82) is 5.26 Å². The lowest BCUT2D eigenvalue weighted by atomic mass is 10.5. The molecule has 0 aliphatic rings. The zero-order valence-corrected chi connectivity index (χ0v) is 9.22. The van der Waals surface area contributed by atoms with Gasteiger partial charge in [-0.25, -0.2) is 4.98 Å². The first-order valence-electron chi connectivity index (χ1n) is 3.39. The smallest absolute Gasteiger partial charge is 0.283 e. The van der Waals surface area contributed by atoms with Gasteiger partial charge in [0, 0.05) is 7.05 Å². The molecule has 1 aromatic heterocycles. The number of thiazole rings is 1. The quantitative estimate of drug-likeness (QED) is 0.757. The van der Waals surface area contributed by atoms with E-state index in [1.165, 1.54) is 16.2 Å². The summed E-state index contributed by atoms with van der Waals surface area (Å²) in [5.41, 5.74) is 0. The molecular weight excluding hydrogens is 254 g/mol. The maximum Gasteiger partial charge on any atom is 0.283 e. The SMILES string of the molecule is CN(CC#N)C(=O)c1ncc(Br)s1. The van der Waals surface area contributed by atoms with Crippen LogP contribution in [0.4, 0.5) is 0 Å². The zero-order chi connectivity index (χ0) is 9.84. The molecule has 1 aromatic rings. The van der Waals surface area contributed by atoms with E-state index in [1.54, 1.807) is 13.2 Å².